The number of alkyl halides is 3. The van der Waals surface area contributed by atoms with Gasteiger partial charge in [-0.25, -0.2) is 0 Å². The number of carbonyl (C=O) groups excluding carboxylic acids is 1. The molecule has 0 radical (unpaired) electrons. The Kier molecular flexibility index (Phi) is 5.50. The number of nitrogens with one attached hydrogen (secondary N) is 2. The van der Waals surface area contributed by atoms with Crippen LogP contribution < -0.4 is 10.6 Å². The van der Waals surface area contributed by atoms with Crippen molar-refractivity contribution in [1.82, 2.24) is 15.5 Å². The lowest BCUT2D eigenvalue weighted by Gasteiger charge is -2.08. The molecule has 0 aliphatic carbocycles. The molecule has 1 aliphatic rings. The first-order valence-corrected chi connectivity index (χ1v) is 6.21. The molecule has 10 heteroatoms. The Morgan fingerprint density at radius 1 is 1.47 bits per heavy atom. The smallest absolute Gasteiger partial charge is 0.313 e. The molecule has 1 aliphatic heterocycles. The molecule has 1 amide bonds. The summed E-state index contributed by atoms with van der Waals surface area (Å²) < 4.78 is 36.8. The topological polar surface area (TPSA) is 66.9 Å². The number of aromatic nitrogens is 2. The van der Waals surface area contributed by atoms with E-state index in [1.54, 1.807) is 0 Å². The number of anilines is 1. The highest BCUT2D eigenvalue weighted by Gasteiger charge is 2.35. The molecular weight excluding hydrogens is 305 g/mol. The van der Waals surface area contributed by atoms with Gasteiger partial charge < -0.3 is 10.6 Å². The summed E-state index contributed by atoms with van der Waals surface area (Å²) in [4.78, 5) is 11.5. The Labute approximate surface area is 117 Å². The van der Waals surface area contributed by atoms with Crippen LogP contribution in [0.5, 0.6) is 0 Å². The molecule has 19 heavy (non-hydrogen) atoms. The molecule has 0 aromatic carbocycles. The van der Waals surface area contributed by atoms with Gasteiger partial charge in [-0.1, -0.05) is 11.3 Å². The highest BCUT2D eigenvalue weighted by molar-refractivity contribution is 7.15. The lowest BCUT2D eigenvalue weighted by Crippen LogP contribution is -2.27. The van der Waals surface area contributed by atoms with Gasteiger partial charge in [-0.2, -0.15) is 13.2 Å². The first kappa shape index (κ1) is 16.1. The monoisotopic (exact) mass is 316 g/mol. The molecule has 2 rings (SSSR count). The average molecular weight is 317 g/mol. The molecule has 0 bridgehead atoms. The molecule has 1 atom stereocenters. The molecule has 1 saturated heterocycles. The zero-order valence-corrected chi connectivity index (χ0v) is 11.3. The summed E-state index contributed by atoms with van der Waals surface area (Å²) in [5, 5.41) is 10.6. The quantitative estimate of drug-likeness (QED) is 0.896. The average Bonchev–Trinajstić information content (AvgIpc) is 2.87. The molecule has 1 aromatic rings. The van der Waals surface area contributed by atoms with Crippen LogP contribution in [0.25, 0.3) is 0 Å². The Morgan fingerprint density at radius 3 is 2.74 bits per heavy atom. The van der Waals surface area contributed by atoms with E-state index < -0.39 is 11.2 Å². The van der Waals surface area contributed by atoms with Gasteiger partial charge in [0.25, 0.3) is 0 Å². The van der Waals surface area contributed by atoms with Gasteiger partial charge in [0.05, 0.1) is 0 Å². The number of carbonyl (C=O) groups is 1. The van der Waals surface area contributed by atoms with Gasteiger partial charge in [-0.15, -0.1) is 22.6 Å². The number of amides is 1. The fourth-order valence-electron chi connectivity index (χ4n) is 1.71. The zero-order chi connectivity index (χ0) is 13.2. The largest absolute Gasteiger partial charge is 0.445 e. The van der Waals surface area contributed by atoms with Gasteiger partial charge in [-0.3, -0.25) is 4.79 Å². The fraction of sp³-hybridized carbons (Fsp3) is 0.667. The maximum Gasteiger partial charge on any atom is 0.445 e. The second-order valence-electron chi connectivity index (χ2n) is 3.96. The minimum absolute atomic E-state index is 0. The molecule has 5 nitrogen and oxygen atoms in total. The van der Waals surface area contributed by atoms with Crippen molar-refractivity contribution in [2.75, 3.05) is 11.9 Å². The summed E-state index contributed by atoms with van der Waals surface area (Å²) >= 11 is 0.326. The highest BCUT2D eigenvalue weighted by atomic mass is 35.5. The predicted molar refractivity (Wildman–Crippen MR) is 66.4 cm³/mol. The number of nitrogens with zero attached hydrogens (tertiary/aromatic N) is 2. The number of halogens is 4. The van der Waals surface area contributed by atoms with Gasteiger partial charge in [-0.05, 0) is 19.4 Å². The van der Waals surface area contributed by atoms with Crippen LogP contribution >= 0.6 is 23.7 Å². The lowest BCUT2D eigenvalue weighted by molar-refractivity contribution is -0.138. The normalized spacial score (nSPS) is 19.0. The van der Waals surface area contributed by atoms with Crippen LogP contribution in [0.4, 0.5) is 18.3 Å². The molecule has 1 unspecified atom stereocenters. The summed E-state index contributed by atoms with van der Waals surface area (Å²) in [6.45, 7) is 0.870. The van der Waals surface area contributed by atoms with Crippen LogP contribution in [-0.2, 0) is 11.0 Å². The first-order chi connectivity index (χ1) is 8.45. The summed E-state index contributed by atoms with van der Waals surface area (Å²) in [6, 6.07) is 0.0972. The van der Waals surface area contributed by atoms with E-state index in [9.17, 15) is 18.0 Å². The van der Waals surface area contributed by atoms with Crippen molar-refractivity contribution in [2.45, 2.75) is 31.5 Å². The predicted octanol–water partition coefficient (Wildman–Crippen LogP) is 2.06. The van der Waals surface area contributed by atoms with Crippen LogP contribution in [0, 0.1) is 0 Å². The van der Waals surface area contributed by atoms with Crippen LogP contribution in [0.15, 0.2) is 0 Å². The van der Waals surface area contributed by atoms with E-state index in [4.69, 9.17) is 0 Å². The molecular formula is C9H12ClF3N4OS. The fourth-order valence-corrected chi connectivity index (χ4v) is 2.34. The Morgan fingerprint density at radius 2 is 2.21 bits per heavy atom. The van der Waals surface area contributed by atoms with Crippen molar-refractivity contribution < 1.29 is 18.0 Å². The van der Waals surface area contributed by atoms with Crippen LogP contribution in [0.3, 0.4) is 0 Å². The van der Waals surface area contributed by atoms with Gasteiger partial charge in [0.2, 0.25) is 16.0 Å². The van der Waals surface area contributed by atoms with Crippen molar-refractivity contribution in [2.24, 2.45) is 0 Å². The van der Waals surface area contributed by atoms with E-state index in [0.717, 1.165) is 19.4 Å². The summed E-state index contributed by atoms with van der Waals surface area (Å²) in [5.41, 5.74) is 0. The number of hydrogen-bond donors (Lipinski definition) is 2. The van der Waals surface area contributed by atoms with Crippen molar-refractivity contribution in [3.8, 4) is 0 Å². The third-order valence-electron chi connectivity index (χ3n) is 2.51. The lowest BCUT2D eigenvalue weighted by atomic mass is 10.1. The Hall–Kier alpha value is -0.930. The van der Waals surface area contributed by atoms with Gasteiger partial charge in [0.1, 0.15) is 0 Å². The Bertz CT molecular complexity index is 433. The summed E-state index contributed by atoms with van der Waals surface area (Å²) in [7, 11) is 0. The molecule has 2 heterocycles. The Balaban J connectivity index is 0.00000180. The van der Waals surface area contributed by atoms with Crippen LogP contribution in [-0.4, -0.2) is 28.7 Å². The summed E-state index contributed by atoms with van der Waals surface area (Å²) in [6.07, 6.45) is -2.37. The van der Waals surface area contributed by atoms with Gasteiger partial charge in [0.15, 0.2) is 0 Å². The van der Waals surface area contributed by atoms with E-state index in [0.29, 0.717) is 11.3 Å². The van der Waals surface area contributed by atoms with Crippen LogP contribution in [0.2, 0.25) is 0 Å². The van der Waals surface area contributed by atoms with Crippen molar-refractivity contribution in [3.05, 3.63) is 5.01 Å². The van der Waals surface area contributed by atoms with E-state index in [2.05, 4.69) is 20.8 Å². The van der Waals surface area contributed by atoms with E-state index in [1.165, 1.54) is 0 Å². The number of hydrogen-bond acceptors (Lipinski definition) is 5. The van der Waals surface area contributed by atoms with E-state index in [-0.39, 0.29) is 35.9 Å². The maximum atomic E-state index is 12.3. The minimum atomic E-state index is -4.52. The van der Waals surface area contributed by atoms with Crippen molar-refractivity contribution in [1.29, 1.82) is 0 Å². The van der Waals surface area contributed by atoms with Gasteiger partial charge >= 0.3 is 6.18 Å². The van der Waals surface area contributed by atoms with E-state index >= 15 is 0 Å². The summed E-state index contributed by atoms with van der Waals surface area (Å²) in [5.74, 6) is -0.348. The third-order valence-corrected chi connectivity index (χ3v) is 3.39. The van der Waals surface area contributed by atoms with Gasteiger partial charge in [0, 0.05) is 12.5 Å². The van der Waals surface area contributed by atoms with E-state index in [1.807, 2.05) is 0 Å². The standard InChI is InChI=1S/C9H11F3N4OS.ClH/c10-9(11,12)7-15-16-8(18-7)14-6(17)4-5-2-1-3-13-5;/h5,13H,1-4H2,(H,14,16,17);1H. The molecule has 0 saturated carbocycles. The second kappa shape index (κ2) is 6.49. The third kappa shape index (κ3) is 4.59. The highest BCUT2D eigenvalue weighted by Crippen LogP contribution is 2.33. The molecule has 108 valence electrons. The van der Waals surface area contributed by atoms with Crippen molar-refractivity contribution in [3.63, 3.8) is 0 Å². The van der Waals surface area contributed by atoms with Crippen molar-refractivity contribution >= 4 is 34.8 Å². The first-order valence-electron chi connectivity index (χ1n) is 5.39. The zero-order valence-electron chi connectivity index (χ0n) is 9.66. The van der Waals surface area contributed by atoms with Crippen LogP contribution in [0.1, 0.15) is 24.3 Å². The molecule has 2 N–H and O–H groups in total. The molecule has 1 aromatic heterocycles. The maximum absolute atomic E-state index is 12.3. The minimum Gasteiger partial charge on any atom is -0.313 e. The number of rotatable bonds is 3. The molecule has 0 spiro atoms. The molecule has 1 fully saturated rings. The second-order valence-corrected chi connectivity index (χ2v) is 4.93. The SMILES string of the molecule is Cl.O=C(CC1CCCN1)Nc1nnc(C(F)(F)F)s1.